The monoisotopic (exact) mass is 240 g/mol. The van der Waals surface area contributed by atoms with E-state index in [1.165, 1.54) is 32.4 Å². The lowest BCUT2D eigenvalue weighted by Gasteiger charge is -2.24. The molecule has 1 amide bonds. The molecule has 2 aliphatic heterocycles. The van der Waals surface area contributed by atoms with Crippen molar-refractivity contribution in [3.05, 3.63) is 0 Å². The molecule has 0 aliphatic carbocycles. The normalized spacial score (nSPS) is 25.0. The number of likely N-dealkylation sites (tertiary alicyclic amines) is 2. The summed E-state index contributed by atoms with van der Waals surface area (Å²) in [6, 6.07) is 0.648. The lowest BCUT2D eigenvalue weighted by molar-refractivity contribution is -0.133. The summed E-state index contributed by atoms with van der Waals surface area (Å²) in [5, 5.41) is 0. The second-order valence-electron chi connectivity index (χ2n) is 5.12. The molecule has 2 aliphatic rings. The number of rotatable bonds is 2. The number of carbonyl (C=O) groups excluding carboxylic acids is 1. The van der Waals surface area contributed by atoms with Crippen LogP contribution in [0, 0.1) is 5.92 Å². The third kappa shape index (κ3) is 3.70. The highest BCUT2D eigenvalue weighted by atomic mass is 16.2. The summed E-state index contributed by atoms with van der Waals surface area (Å²) < 4.78 is 0. The number of nitrogens with zero attached hydrogens (tertiary/aromatic N) is 2. The van der Waals surface area contributed by atoms with Gasteiger partial charge in [-0.1, -0.05) is 27.7 Å². The van der Waals surface area contributed by atoms with Crippen LogP contribution in [0.4, 0.5) is 0 Å². The third-order valence-electron chi connectivity index (χ3n) is 3.63. The van der Waals surface area contributed by atoms with Crippen LogP contribution in [0.1, 0.15) is 47.0 Å². The van der Waals surface area contributed by atoms with Gasteiger partial charge in [-0.25, -0.2) is 0 Å². The minimum Gasteiger partial charge on any atom is -0.341 e. The molecule has 2 rings (SSSR count). The zero-order valence-corrected chi connectivity index (χ0v) is 11.9. The maximum absolute atomic E-state index is 11.8. The maximum atomic E-state index is 11.8. The van der Waals surface area contributed by atoms with Gasteiger partial charge in [-0.05, 0) is 32.4 Å². The molecule has 0 N–H and O–H groups in total. The fraction of sp³-hybridized carbons (Fsp3) is 0.929. The summed E-state index contributed by atoms with van der Waals surface area (Å²) in [4.78, 5) is 16.4. The molecule has 0 spiro atoms. The molecule has 3 nitrogen and oxygen atoms in total. The maximum Gasteiger partial charge on any atom is 0.225 e. The van der Waals surface area contributed by atoms with Crippen molar-refractivity contribution in [2.24, 2.45) is 5.92 Å². The first kappa shape index (κ1) is 14.5. The molecule has 2 saturated heterocycles. The Labute approximate surface area is 106 Å². The van der Waals surface area contributed by atoms with E-state index in [0.717, 1.165) is 13.1 Å². The molecule has 2 fully saturated rings. The molecule has 0 aromatic rings. The Kier molecular flexibility index (Phi) is 5.96. The molecule has 0 saturated carbocycles. The summed E-state index contributed by atoms with van der Waals surface area (Å²) in [7, 11) is 0. The zero-order valence-electron chi connectivity index (χ0n) is 11.9. The Morgan fingerprint density at radius 2 is 1.71 bits per heavy atom. The fourth-order valence-electron chi connectivity index (χ4n) is 2.71. The van der Waals surface area contributed by atoms with E-state index in [4.69, 9.17) is 0 Å². The van der Waals surface area contributed by atoms with E-state index in [-0.39, 0.29) is 5.92 Å². The number of hydrogen-bond acceptors (Lipinski definition) is 2. The topological polar surface area (TPSA) is 23.6 Å². The number of hydrogen-bond donors (Lipinski definition) is 0. The first-order valence-electron chi connectivity index (χ1n) is 7.21. The summed E-state index contributed by atoms with van der Waals surface area (Å²) in [6.07, 6.45) is 3.86. The van der Waals surface area contributed by atoms with Gasteiger partial charge in [0.15, 0.2) is 0 Å². The summed E-state index contributed by atoms with van der Waals surface area (Å²) >= 11 is 0. The fourth-order valence-corrected chi connectivity index (χ4v) is 2.71. The second-order valence-corrected chi connectivity index (χ2v) is 5.12. The molecule has 2 heterocycles. The van der Waals surface area contributed by atoms with Crippen molar-refractivity contribution in [1.29, 1.82) is 0 Å². The highest BCUT2D eigenvalue weighted by molar-refractivity contribution is 5.78. The van der Waals surface area contributed by atoms with Gasteiger partial charge in [0.05, 0.1) is 0 Å². The van der Waals surface area contributed by atoms with Gasteiger partial charge in [-0.15, -0.1) is 0 Å². The van der Waals surface area contributed by atoms with Gasteiger partial charge in [0.2, 0.25) is 5.91 Å². The van der Waals surface area contributed by atoms with Crippen molar-refractivity contribution in [3.63, 3.8) is 0 Å². The Bertz CT molecular complexity index is 234. The molecule has 3 heteroatoms. The van der Waals surface area contributed by atoms with Crippen LogP contribution in [0.5, 0.6) is 0 Å². The lowest BCUT2D eigenvalue weighted by Crippen LogP contribution is -2.38. The zero-order chi connectivity index (χ0) is 12.8. The SMILES string of the molecule is CC.CC(C)C(=O)N1CCC(N2CCCC2)C1. The van der Waals surface area contributed by atoms with Crippen molar-refractivity contribution in [2.45, 2.75) is 53.0 Å². The van der Waals surface area contributed by atoms with Gasteiger partial charge in [-0.2, -0.15) is 0 Å². The first-order chi connectivity index (χ1) is 8.18. The van der Waals surface area contributed by atoms with Gasteiger partial charge in [0.1, 0.15) is 0 Å². The van der Waals surface area contributed by atoms with Gasteiger partial charge in [-0.3, -0.25) is 9.69 Å². The van der Waals surface area contributed by atoms with Crippen LogP contribution in [0.3, 0.4) is 0 Å². The third-order valence-corrected chi connectivity index (χ3v) is 3.63. The Morgan fingerprint density at radius 3 is 2.24 bits per heavy atom. The summed E-state index contributed by atoms with van der Waals surface area (Å²) in [5.74, 6) is 0.485. The Balaban J connectivity index is 0.000000686. The molecular formula is C14H28N2O. The van der Waals surface area contributed by atoms with E-state index in [0.29, 0.717) is 11.9 Å². The number of carbonyl (C=O) groups is 1. The largest absolute Gasteiger partial charge is 0.341 e. The highest BCUT2D eigenvalue weighted by Crippen LogP contribution is 2.21. The Hall–Kier alpha value is -0.570. The van der Waals surface area contributed by atoms with Crippen molar-refractivity contribution in [2.75, 3.05) is 26.2 Å². The molecule has 0 aromatic heterocycles. The molecule has 1 unspecified atom stereocenters. The van der Waals surface area contributed by atoms with Gasteiger partial charge in [0.25, 0.3) is 0 Å². The van der Waals surface area contributed by atoms with Crippen molar-refractivity contribution < 1.29 is 4.79 Å². The molecule has 1 atom stereocenters. The van der Waals surface area contributed by atoms with Crippen molar-refractivity contribution in [1.82, 2.24) is 9.80 Å². The highest BCUT2D eigenvalue weighted by Gasteiger charge is 2.31. The van der Waals surface area contributed by atoms with E-state index in [9.17, 15) is 4.79 Å². The van der Waals surface area contributed by atoms with E-state index >= 15 is 0 Å². The van der Waals surface area contributed by atoms with Gasteiger partial charge in [0, 0.05) is 25.0 Å². The van der Waals surface area contributed by atoms with Crippen LogP contribution in [-0.4, -0.2) is 47.9 Å². The van der Waals surface area contributed by atoms with Crippen LogP contribution in [0.2, 0.25) is 0 Å². The molecule has 100 valence electrons. The van der Waals surface area contributed by atoms with Crippen LogP contribution in [-0.2, 0) is 4.79 Å². The quantitative estimate of drug-likeness (QED) is 0.740. The summed E-state index contributed by atoms with van der Waals surface area (Å²) in [5.41, 5.74) is 0. The molecule has 0 aromatic carbocycles. The number of amides is 1. The smallest absolute Gasteiger partial charge is 0.225 e. The van der Waals surface area contributed by atoms with Crippen LogP contribution in [0.25, 0.3) is 0 Å². The van der Waals surface area contributed by atoms with E-state index in [1.807, 2.05) is 32.6 Å². The van der Waals surface area contributed by atoms with Gasteiger partial charge < -0.3 is 4.90 Å². The van der Waals surface area contributed by atoms with Crippen LogP contribution in [0.15, 0.2) is 0 Å². The predicted octanol–water partition coefficient (Wildman–Crippen LogP) is 2.37. The minimum atomic E-state index is 0.155. The van der Waals surface area contributed by atoms with E-state index in [1.54, 1.807) is 0 Å². The van der Waals surface area contributed by atoms with Crippen LogP contribution >= 0.6 is 0 Å². The lowest BCUT2D eigenvalue weighted by atomic mass is 10.2. The second kappa shape index (κ2) is 7.00. The van der Waals surface area contributed by atoms with E-state index in [2.05, 4.69) is 4.90 Å². The molecule has 0 radical (unpaired) electrons. The average Bonchev–Trinajstić information content (AvgIpc) is 3.01. The summed E-state index contributed by atoms with van der Waals surface area (Å²) in [6.45, 7) is 12.4. The molecule has 0 bridgehead atoms. The van der Waals surface area contributed by atoms with Crippen molar-refractivity contribution in [3.8, 4) is 0 Å². The molecule has 17 heavy (non-hydrogen) atoms. The van der Waals surface area contributed by atoms with E-state index < -0.39 is 0 Å². The van der Waals surface area contributed by atoms with Crippen LogP contribution < -0.4 is 0 Å². The molecular weight excluding hydrogens is 212 g/mol. The van der Waals surface area contributed by atoms with Gasteiger partial charge >= 0.3 is 0 Å². The standard InChI is InChI=1S/C12H22N2O.C2H6/c1-10(2)12(15)14-8-5-11(9-14)13-6-3-4-7-13;1-2/h10-11H,3-9H2,1-2H3;1-2H3. The minimum absolute atomic E-state index is 0.155. The predicted molar refractivity (Wildman–Crippen MR) is 72.0 cm³/mol. The van der Waals surface area contributed by atoms with Crippen molar-refractivity contribution >= 4 is 5.91 Å². The first-order valence-corrected chi connectivity index (χ1v) is 7.21. The average molecular weight is 240 g/mol. The Morgan fingerprint density at radius 1 is 1.12 bits per heavy atom.